The molecule has 4 rings (SSSR count). The van der Waals surface area contributed by atoms with Gasteiger partial charge in [-0.1, -0.05) is 12.1 Å². The van der Waals surface area contributed by atoms with Crippen molar-refractivity contribution in [1.82, 2.24) is 9.88 Å². The lowest BCUT2D eigenvalue weighted by molar-refractivity contribution is 0.255. The summed E-state index contributed by atoms with van der Waals surface area (Å²) < 4.78 is 5.34. The van der Waals surface area contributed by atoms with Crippen LogP contribution in [0, 0.1) is 11.3 Å². The minimum atomic E-state index is 0.586. The third kappa shape index (κ3) is 3.97. The fourth-order valence-corrected chi connectivity index (χ4v) is 3.96. The van der Waals surface area contributed by atoms with Crippen LogP contribution in [0.2, 0.25) is 0 Å². The molecule has 0 atom stereocenters. The largest absolute Gasteiger partial charge is 0.495 e. The van der Waals surface area contributed by atoms with Crippen LogP contribution < -0.4 is 9.64 Å². The van der Waals surface area contributed by atoms with Gasteiger partial charge in [0.2, 0.25) is 0 Å². The Kier molecular flexibility index (Phi) is 5.50. The van der Waals surface area contributed by atoms with E-state index in [0.29, 0.717) is 11.3 Å². The van der Waals surface area contributed by atoms with Crippen LogP contribution in [-0.2, 0) is 6.42 Å². The Morgan fingerprint density at radius 2 is 1.93 bits per heavy atom. The lowest BCUT2D eigenvalue weighted by atomic mass is 10.1. The van der Waals surface area contributed by atoms with Gasteiger partial charge in [0.05, 0.1) is 12.7 Å². The summed E-state index contributed by atoms with van der Waals surface area (Å²) in [4.78, 5) is 8.21. The van der Waals surface area contributed by atoms with Gasteiger partial charge in [0.1, 0.15) is 11.8 Å². The summed E-state index contributed by atoms with van der Waals surface area (Å²) in [5.74, 6) is 0.654. The molecule has 144 valence electrons. The molecule has 2 heterocycles. The number of hydrogen-bond donors (Lipinski definition) is 1. The molecule has 0 amide bonds. The fourth-order valence-electron chi connectivity index (χ4n) is 3.96. The third-order valence-electron chi connectivity index (χ3n) is 5.60. The molecular weight excluding hydrogens is 348 g/mol. The van der Waals surface area contributed by atoms with Gasteiger partial charge in [-0.05, 0) is 54.6 Å². The zero-order valence-electron chi connectivity index (χ0n) is 16.3. The predicted octanol–water partition coefficient (Wildman–Crippen LogP) is 3.80. The van der Waals surface area contributed by atoms with Gasteiger partial charge in [0, 0.05) is 49.6 Å². The third-order valence-corrected chi connectivity index (χ3v) is 5.60. The Hall–Kier alpha value is -2.97. The molecule has 28 heavy (non-hydrogen) atoms. The van der Waals surface area contributed by atoms with Gasteiger partial charge in [0.25, 0.3) is 0 Å². The molecule has 5 nitrogen and oxygen atoms in total. The summed E-state index contributed by atoms with van der Waals surface area (Å²) in [5, 5.41) is 10.4. The summed E-state index contributed by atoms with van der Waals surface area (Å²) in [6.07, 6.45) is 4.29. The van der Waals surface area contributed by atoms with Crippen molar-refractivity contribution in [1.29, 1.82) is 5.26 Å². The van der Waals surface area contributed by atoms with Crippen LogP contribution in [0.25, 0.3) is 10.9 Å². The molecule has 0 radical (unpaired) electrons. The zero-order chi connectivity index (χ0) is 19.3. The summed E-state index contributed by atoms with van der Waals surface area (Å²) in [6, 6.07) is 16.8. The minimum absolute atomic E-state index is 0.586. The average molecular weight is 374 g/mol. The number of benzene rings is 2. The summed E-state index contributed by atoms with van der Waals surface area (Å²) >= 11 is 0. The van der Waals surface area contributed by atoms with Crippen LogP contribution >= 0.6 is 0 Å². The second kappa shape index (κ2) is 8.37. The second-order valence-electron chi connectivity index (χ2n) is 7.33. The molecule has 1 N–H and O–H groups in total. The van der Waals surface area contributed by atoms with Gasteiger partial charge < -0.3 is 14.6 Å². The Bertz CT molecular complexity index is 980. The number of methoxy groups -OCH3 is 1. The molecule has 0 saturated carbocycles. The fraction of sp³-hybridized carbons (Fsp3) is 0.348. The van der Waals surface area contributed by atoms with Crippen LogP contribution in [0.4, 0.5) is 5.69 Å². The highest BCUT2D eigenvalue weighted by Gasteiger charge is 2.18. The van der Waals surface area contributed by atoms with Crippen LogP contribution in [0.3, 0.4) is 0 Å². The maximum absolute atomic E-state index is 9.14. The lowest BCUT2D eigenvalue weighted by Gasteiger charge is -2.36. The molecule has 1 saturated heterocycles. The van der Waals surface area contributed by atoms with Crippen LogP contribution in [0.15, 0.2) is 48.7 Å². The first kappa shape index (κ1) is 18.4. The molecular formula is C23H26N4O. The highest BCUT2D eigenvalue weighted by molar-refractivity contribution is 5.79. The van der Waals surface area contributed by atoms with Crippen molar-refractivity contribution >= 4 is 16.6 Å². The Morgan fingerprint density at radius 3 is 2.71 bits per heavy atom. The van der Waals surface area contributed by atoms with Crippen LogP contribution in [0.1, 0.15) is 17.5 Å². The topological polar surface area (TPSA) is 55.3 Å². The number of nitrogens with one attached hydrogen (secondary N) is 1. The number of aromatic amines is 1. The van der Waals surface area contributed by atoms with E-state index in [2.05, 4.69) is 45.1 Å². The number of fused-ring (bicyclic) bond motifs is 1. The summed E-state index contributed by atoms with van der Waals surface area (Å²) in [7, 11) is 1.62. The van der Waals surface area contributed by atoms with Gasteiger partial charge in [-0.3, -0.25) is 4.90 Å². The number of aryl methyl sites for hydroxylation is 1. The zero-order valence-corrected chi connectivity index (χ0v) is 16.3. The second-order valence-corrected chi connectivity index (χ2v) is 7.33. The highest BCUT2D eigenvalue weighted by Crippen LogP contribution is 2.26. The van der Waals surface area contributed by atoms with E-state index in [0.717, 1.165) is 44.8 Å². The van der Waals surface area contributed by atoms with Crippen molar-refractivity contribution < 1.29 is 4.74 Å². The Morgan fingerprint density at radius 1 is 1.07 bits per heavy atom. The standard InChI is InChI=1S/C23H26N4O/c1-28-23-16-21(7-6-20(23)17-24)27-13-11-26(12-14-27)10-2-3-18-4-5-19-8-9-25-22(19)15-18/h4-9,15-16,25H,2-3,10-14H2,1H3. The summed E-state index contributed by atoms with van der Waals surface area (Å²) in [6.45, 7) is 5.27. The molecule has 1 aliphatic heterocycles. The van der Waals surface area contributed by atoms with E-state index >= 15 is 0 Å². The van der Waals surface area contributed by atoms with Crippen molar-refractivity contribution in [3.8, 4) is 11.8 Å². The summed E-state index contributed by atoms with van der Waals surface area (Å²) in [5.41, 5.74) is 4.35. The molecule has 0 spiro atoms. The van der Waals surface area contributed by atoms with Crippen molar-refractivity contribution in [3.05, 3.63) is 59.8 Å². The van der Waals surface area contributed by atoms with E-state index in [-0.39, 0.29) is 0 Å². The van der Waals surface area contributed by atoms with Gasteiger partial charge in [-0.15, -0.1) is 0 Å². The molecule has 1 fully saturated rings. The molecule has 1 aromatic heterocycles. The van der Waals surface area contributed by atoms with E-state index in [4.69, 9.17) is 10.00 Å². The van der Waals surface area contributed by atoms with Crippen LogP contribution in [0.5, 0.6) is 5.75 Å². The molecule has 0 bridgehead atoms. The number of anilines is 1. The molecule has 3 aromatic rings. The first-order chi connectivity index (χ1) is 13.8. The van der Waals surface area contributed by atoms with Crippen molar-refractivity contribution in [2.75, 3.05) is 44.7 Å². The maximum Gasteiger partial charge on any atom is 0.138 e. The van der Waals surface area contributed by atoms with Crippen molar-refractivity contribution in [2.24, 2.45) is 0 Å². The van der Waals surface area contributed by atoms with Crippen molar-refractivity contribution in [3.63, 3.8) is 0 Å². The average Bonchev–Trinajstić information content (AvgIpc) is 3.21. The Labute approximate surface area is 166 Å². The number of rotatable bonds is 6. The minimum Gasteiger partial charge on any atom is -0.495 e. The van der Waals surface area contributed by atoms with E-state index < -0.39 is 0 Å². The lowest BCUT2D eigenvalue weighted by Crippen LogP contribution is -2.46. The first-order valence-electron chi connectivity index (χ1n) is 9.88. The number of aromatic nitrogens is 1. The maximum atomic E-state index is 9.14. The quantitative estimate of drug-likeness (QED) is 0.713. The van der Waals surface area contributed by atoms with Gasteiger partial charge >= 0.3 is 0 Å². The van der Waals surface area contributed by atoms with Crippen LogP contribution in [-0.4, -0.2) is 49.7 Å². The molecule has 5 heteroatoms. The van der Waals surface area contributed by atoms with Gasteiger partial charge in [-0.25, -0.2) is 0 Å². The SMILES string of the molecule is COc1cc(N2CCN(CCCc3ccc4cc[nH]c4c3)CC2)ccc1C#N. The number of nitriles is 1. The number of nitrogens with zero attached hydrogens (tertiary/aromatic N) is 3. The number of hydrogen-bond acceptors (Lipinski definition) is 4. The van der Waals surface area contributed by atoms with Gasteiger partial charge in [-0.2, -0.15) is 5.26 Å². The molecule has 0 unspecified atom stereocenters. The van der Waals surface area contributed by atoms with E-state index in [1.807, 2.05) is 24.4 Å². The van der Waals surface area contributed by atoms with Gasteiger partial charge in [0.15, 0.2) is 0 Å². The van der Waals surface area contributed by atoms with E-state index in [1.54, 1.807) is 7.11 Å². The normalized spacial score (nSPS) is 14.9. The smallest absolute Gasteiger partial charge is 0.138 e. The van der Waals surface area contributed by atoms with E-state index in [1.165, 1.54) is 22.9 Å². The number of H-pyrrole nitrogens is 1. The highest BCUT2D eigenvalue weighted by atomic mass is 16.5. The number of piperazine rings is 1. The molecule has 1 aliphatic rings. The number of ether oxygens (including phenoxy) is 1. The molecule has 0 aliphatic carbocycles. The van der Waals surface area contributed by atoms with E-state index in [9.17, 15) is 0 Å². The predicted molar refractivity (Wildman–Crippen MR) is 113 cm³/mol. The molecule has 2 aromatic carbocycles. The van der Waals surface area contributed by atoms with Crippen molar-refractivity contribution in [2.45, 2.75) is 12.8 Å². The first-order valence-corrected chi connectivity index (χ1v) is 9.88. The monoisotopic (exact) mass is 374 g/mol. The Balaban J connectivity index is 1.26.